The quantitative estimate of drug-likeness (QED) is 0.0163. The molecule has 11 atom stereocenters. The van der Waals surface area contributed by atoms with E-state index < -0.39 is 163 Å². The third kappa shape index (κ3) is 25.6. The molecule has 0 bridgehead atoms. The fraction of sp³-hybridized carbons (Fsp3) is 0.574. The van der Waals surface area contributed by atoms with Crippen LogP contribution in [0.25, 0.3) is 10.9 Å². The number of aliphatic hydroxyl groups is 1. The summed E-state index contributed by atoms with van der Waals surface area (Å²) >= 11 is 2.31. The molecule has 25 N–H and O–H groups in total. The van der Waals surface area contributed by atoms with Crippen molar-refractivity contribution in [3.05, 3.63) is 36.0 Å². The van der Waals surface area contributed by atoms with E-state index in [1.165, 1.54) is 18.7 Å². The van der Waals surface area contributed by atoms with Crippen LogP contribution in [-0.2, 0) is 68.7 Å². The normalized spacial score (nSPS) is 21.6. The van der Waals surface area contributed by atoms with Crippen LogP contribution in [0.5, 0.6) is 0 Å². The van der Waals surface area contributed by atoms with Gasteiger partial charge in [0.15, 0.2) is 11.9 Å². The van der Waals surface area contributed by atoms with Gasteiger partial charge in [-0.3, -0.25) is 72.3 Å². The molecule has 2 saturated heterocycles. The molecule has 1 aromatic heterocycles. The van der Waals surface area contributed by atoms with E-state index >= 15 is 0 Å². The van der Waals surface area contributed by atoms with Crippen molar-refractivity contribution >= 4 is 145 Å². The zero-order valence-corrected chi connectivity index (χ0v) is 54.7. The topological polar surface area (TPSA) is 583 Å². The lowest BCUT2D eigenvalue weighted by Gasteiger charge is -2.30. The number of benzene rings is 1. The van der Waals surface area contributed by atoms with E-state index in [0.717, 1.165) is 43.6 Å². The number of nitrogens with two attached hydrogens (primary N) is 6. The molecular weight excluding hydrogens is 1300 g/mol. The molecule has 39 heteroatoms. The Morgan fingerprint density at radius 2 is 1.32 bits per heavy atom. The Kier molecular flexibility index (Phi) is 32.6. The Morgan fingerprint density at radius 1 is 0.720 bits per heavy atom. The van der Waals surface area contributed by atoms with Crippen molar-refractivity contribution < 1.29 is 72.5 Å². The van der Waals surface area contributed by atoms with Gasteiger partial charge in [0.25, 0.3) is 0 Å². The summed E-state index contributed by atoms with van der Waals surface area (Å²) in [6.07, 6.45) is 2.17. The van der Waals surface area contributed by atoms with Gasteiger partial charge in [-0.2, -0.15) is 23.5 Å². The van der Waals surface area contributed by atoms with Gasteiger partial charge in [-0.25, -0.2) is 0 Å². The molecule has 514 valence electrons. The average Bonchev–Trinajstić information content (AvgIpc) is 1.81. The lowest BCUT2D eigenvalue weighted by molar-refractivity contribution is -0.146. The number of aliphatic imine (C=N–C) groups is 2. The number of carbonyl (C=O) groups is 13. The first-order valence-corrected chi connectivity index (χ1v) is 34.5. The van der Waals surface area contributed by atoms with E-state index in [9.17, 15) is 72.5 Å². The molecule has 2 aliphatic heterocycles. The number of carboxylic acids is 1. The Balaban J connectivity index is 1.76. The molecule has 0 aliphatic carbocycles. The van der Waals surface area contributed by atoms with Crippen molar-refractivity contribution in [1.82, 2.24) is 63.1 Å². The number of primary amides is 1. The molecule has 0 radical (unpaired) electrons. The maximum absolute atomic E-state index is 14.7. The molecular formula is C54H84N20O15S4. The standard InChI is InChI=1S/C54H84N20O15S4/c1-26(43(80)68-32(18-28-17-27-9-4-5-10-29(27)64-28)46(83)66-30(11-6-14-61-53(57)58)44(81)71-35(22-90-2)42(56)79)63-48(85)38-25-93-92-24-37(65-40(76)20-55)50(87)72-36(23-91-3)49(86)70-34(21-75)47(84)69-33(19-41(77)78)52(89)74-16-8-13-39(74)51(88)67-31(45(82)73-38)12-7-15-62-54(59)60/h4-5,9-10,17,26,30-39,64,75H,6-8,11-16,18-25,55H2,1-3H3,(H2,56,79)(H,63,85)(H,65,76)(H,66,83)(H,67,88)(H,68,80)(H,69,84)(H,70,86)(H,71,81)(H,72,87)(H,73,82)(H,77,78)(H4,57,58,61)(H4,59,60,62)/t26-,30?,31-,32-,33-,34-,35-,36-,37-,38-,39?/m0/s1. The molecule has 1 aromatic carbocycles. The predicted octanol–water partition coefficient (Wildman–Crippen LogP) is -7.29. The SMILES string of the molecule is CSC[C@H](NC(=O)C(CCCN=C(N)N)NC(=O)[C@H](Cc1cc2ccccc2[nH]1)NC(=O)[C@H](C)NC(=O)[C@@H]1CSSC[C@H](NC(=O)CN)C(=O)N[C@@H](CSC)C(=O)N[C@@H](CO)C(=O)N[C@@H](CC(=O)O)C(=O)N2CCCC2C(=O)N[C@@H](CCCN=C(N)N)C(=O)N1)C(N)=O. The number of carboxylic acid groups (broad SMARTS) is 1. The highest BCUT2D eigenvalue weighted by molar-refractivity contribution is 8.76. The van der Waals surface area contributed by atoms with Crippen molar-refractivity contribution in [2.24, 2.45) is 44.4 Å². The van der Waals surface area contributed by atoms with Crippen LogP contribution in [0.3, 0.4) is 0 Å². The zero-order valence-electron chi connectivity index (χ0n) is 51.4. The fourth-order valence-electron chi connectivity index (χ4n) is 9.43. The summed E-state index contributed by atoms with van der Waals surface area (Å²) < 4.78 is 0. The number of fused-ring (bicyclic) bond motifs is 2. The third-order valence-corrected chi connectivity index (χ3v) is 17.9. The number of thioether (sulfide) groups is 2. The van der Waals surface area contributed by atoms with Crippen LogP contribution in [0.2, 0.25) is 0 Å². The summed E-state index contributed by atoms with van der Waals surface area (Å²) in [6.45, 7) is -0.508. The lowest BCUT2D eigenvalue weighted by atomic mass is 10.1. The second kappa shape index (κ2) is 39.3. The van der Waals surface area contributed by atoms with Crippen molar-refractivity contribution in [2.45, 2.75) is 125 Å². The van der Waals surface area contributed by atoms with Crippen molar-refractivity contribution in [3.63, 3.8) is 0 Å². The first-order chi connectivity index (χ1) is 44.2. The maximum Gasteiger partial charge on any atom is 0.305 e. The number of para-hydroxylation sites is 1. The number of aliphatic carboxylic acids is 1. The number of aliphatic hydroxyl groups excluding tert-OH is 1. The van der Waals surface area contributed by atoms with Gasteiger partial charge in [0.2, 0.25) is 70.9 Å². The number of hydrogen-bond acceptors (Lipinski definition) is 21. The van der Waals surface area contributed by atoms with Gasteiger partial charge in [-0.1, -0.05) is 39.8 Å². The zero-order chi connectivity index (χ0) is 68.9. The van der Waals surface area contributed by atoms with Crippen LogP contribution in [-0.4, -0.2) is 244 Å². The third-order valence-electron chi connectivity index (χ3n) is 14.2. The number of H-pyrrole nitrogens is 1. The van der Waals surface area contributed by atoms with E-state index in [0.29, 0.717) is 11.2 Å². The number of aromatic amines is 1. The van der Waals surface area contributed by atoms with E-state index in [1.807, 2.05) is 6.07 Å². The summed E-state index contributed by atoms with van der Waals surface area (Å²) in [7, 11) is 1.80. The molecule has 2 fully saturated rings. The van der Waals surface area contributed by atoms with Crippen molar-refractivity contribution in [2.75, 3.05) is 68.3 Å². The minimum absolute atomic E-state index is 0.00623. The van der Waals surface area contributed by atoms with Gasteiger partial charge < -0.3 is 108 Å². The summed E-state index contributed by atoms with van der Waals surface area (Å²) in [5, 5.41) is 46.1. The van der Waals surface area contributed by atoms with E-state index in [4.69, 9.17) is 34.4 Å². The maximum atomic E-state index is 14.7. The van der Waals surface area contributed by atoms with Crippen LogP contribution in [0.4, 0.5) is 0 Å². The highest BCUT2D eigenvalue weighted by atomic mass is 33.1. The lowest BCUT2D eigenvalue weighted by Crippen LogP contribution is -2.61. The average molecular weight is 1380 g/mol. The van der Waals surface area contributed by atoms with Gasteiger partial charge >= 0.3 is 5.97 Å². The largest absolute Gasteiger partial charge is 0.481 e. The monoisotopic (exact) mass is 1380 g/mol. The highest BCUT2D eigenvalue weighted by Gasteiger charge is 2.41. The number of guanidine groups is 2. The summed E-state index contributed by atoms with van der Waals surface area (Å²) in [5.41, 5.74) is 34.4. The van der Waals surface area contributed by atoms with Crippen LogP contribution in [0.15, 0.2) is 40.3 Å². The number of nitrogens with zero attached hydrogens (tertiary/aromatic N) is 3. The predicted molar refractivity (Wildman–Crippen MR) is 351 cm³/mol. The number of nitrogens with one attached hydrogen (secondary N) is 11. The number of carbonyl (C=O) groups excluding carboxylic acids is 12. The molecule has 3 heterocycles. The second-order valence-electron chi connectivity index (χ2n) is 21.4. The molecule has 93 heavy (non-hydrogen) atoms. The molecule has 2 aliphatic rings. The number of hydrogen-bond donors (Lipinski definition) is 19. The van der Waals surface area contributed by atoms with Gasteiger partial charge in [-0.05, 0) is 75.5 Å². The van der Waals surface area contributed by atoms with Crippen molar-refractivity contribution in [1.29, 1.82) is 0 Å². The Labute approximate surface area is 551 Å². The first kappa shape index (κ1) is 77.2. The summed E-state index contributed by atoms with van der Waals surface area (Å²) in [5.74, 6) is -14.1. The van der Waals surface area contributed by atoms with Crippen LogP contribution < -0.4 is 87.6 Å². The molecule has 2 unspecified atom stereocenters. The van der Waals surface area contributed by atoms with E-state index in [1.54, 1.807) is 36.8 Å². The Hall–Kier alpha value is -8.27. The minimum atomic E-state index is -1.87. The van der Waals surface area contributed by atoms with Gasteiger partial charge in [0.05, 0.1) is 19.6 Å². The van der Waals surface area contributed by atoms with Crippen molar-refractivity contribution in [3.8, 4) is 0 Å². The first-order valence-electron chi connectivity index (χ1n) is 29.2. The van der Waals surface area contributed by atoms with Crippen LogP contribution >= 0.6 is 45.1 Å². The molecule has 12 amide bonds. The smallest absolute Gasteiger partial charge is 0.305 e. The van der Waals surface area contributed by atoms with Crippen LogP contribution in [0.1, 0.15) is 57.6 Å². The second-order valence-corrected chi connectivity index (χ2v) is 25.8. The fourth-order valence-corrected chi connectivity index (χ4v) is 12.9. The molecule has 0 spiro atoms. The number of amides is 12. The highest BCUT2D eigenvalue weighted by Crippen LogP contribution is 2.25. The van der Waals surface area contributed by atoms with Gasteiger partial charge in [0, 0.05) is 60.3 Å². The summed E-state index contributed by atoms with van der Waals surface area (Å²) in [4.78, 5) is 191. The van der Waals surface area contributed by atoms with Gasteiger partial charge in [0.1, 0.15) is 66.5 Å². The molecule has 35 nitrogen and oxygen atoms in total. The van der Waals surface area contributed by atoms with E-state index in [2.05, 4.69) is 68.1 Å². The number of rotatable bonds is 28. The van der Waals surface area contributed by atoms with E-state index in [-0.39, 0.29) is 99.5 Å². The Bertz CT molecular complexity index is 3010. The summed E-state index contributed by atoms with van der Waals surface area (Å²) in [6, 6.07) is -7.62. The Morgan fingerprint density at radius 3 is 1.96 bits per heavy atom. The number of aromatic nitrogens is 1. The molecule has 0 saturated carbocycles. The molecule has 4 rings (SSSR count). The minimum Gasteiger partial charge on any atom is -0.481 e. The molecule has 2 aromatic rings. The van der Waals surface area contributed by atoms with Gasteiger partial charge in [-0.15, -0.1) is 0 Å². The van der Waals surface area contributed by atoms with Crippen LogP contribution in [0, 0.1) is 0 Å².